The largest absolute Gasteiger partial charge is 0.489 e. The summed E-state index contributed by atoms with van der Waals surface area (Å²) in [5.74, 6) is 1.75. The minimum Gasteiger partial charge on any atom is -0.489 e. The average molecular weight is 541 g/mol. The first-order chi connectivity index (χ1) is 19.3. The van der Waals surface area contributed by atoms with Crippen LogP contribution < -0.4 is 9.47 Å². The van der Waals surface area contributed by atoms with E-state index in [1.807, 2.05) is 68.6 Å². The van der Waals surface area contributed by atoms with Gasteiger partial charge in [0, 0.05) is 29.6 Å². The van der Waals surface area contributed by atoms with E-state index < -0.39 is 5.97 Å². The number of para-hydroxylation sites is 1. The molecular formula is C32H32N2O6. The van der Waals surface area contributed by atoms with Crippen molar-refractivity contribution in [2.24, 2.45) is 0 Å². The molecule has 8 heteroatoms. The molecule has 2 aromatic heterocycles. The van der Waals surface area contributed by atoms with Crippen LogP contribution in [0.3, 0.4) is 0 Å². The van der Waals surface area contributed by atoms with Crippen LogP contribution in [0.1, 0.15) is 63.8 Å². The van der Waals surface area contributed by atoms with E-state index in [-0.39, 0.29) is 5.92 Å². The normalized spacial score (nSPS) is 11.2. The zero-order valence-electron chi connectivity index (χ0n) is 23.0. The van der Waals surface area contributed by atoms with Gasteiger partial charge in [-0.3, -0.25) is 4.89 Å². The summed E-state index contributed by atoms with van der Waals surface area (Å²) < 4.78 is 20.2. The van der Waals surface area contributed by atoms with Gasteiger partial charge in [-0.15, -0.1) is 0 Å². The quantitative estimate of drug-likeness (QED) is 0.148. The van der Waals surface area contributed by atoms with Crippen molar-refractivity contribution >= 4 is 16.9 Å². The number of aryl methyl sites for hydroxylation is 2. The minimum absolute atomic E-state index is 0.147. The Bertz CT molecular complexity index is 1630. The van der Waals surface area contributed by atoms with Crippen molar-refractivity contribution in [3.8, 4) is 11.5 Å². The highest BCUT2D eigenvalue weighted by atomic mass is 17.1. The van der Waals surface area contributed by atoms with Gasteiger partial charge in [0.1, 0.15) is 36.2 Å². The monoisotopic (exact) mass is 540 g/mol. The second-order valence-electron chi connectivity index (χ2n) is 10.2. The van der Waals surface area contributed by atoms with Gasteiger partial charge >= 0.3 is 5.97 Å². The molecule has 1 N–H and O–H groups in total. The highest BCUT2D eigenvalue weighted by Crippen LogP contribution is 2.29. The maximum absolute atomic E-state index is 11.7. The molecule has 0 aliphatic rings. The molecule has 0 saturated heterocycles. The maximum atomic E-state index is 11.7. The van der Waals surface area contributed by atoms with Gasteiger partial charge < -0.3 is 18.6 Å². The summed E-state index contributed by atoms with van der Waals surface area (Å²) in [6.45, 7) is 9.35. The third-order valence-electron chi connectivity index (χ3n) is 6.91. The van der Waals surface area contributed by atoms with Crippen LogP contribution in [-0.2, 0) is 24.6 Å². The summed E-state index contributed by atoms with van der Waals surface area (Å²) in [6, 6.07) is 21.0. The summed E-state index contributed by atoms with van der Waals surface area (Å²) in [7, 11) is 0. The number of benzene rings is 3. The Morgan fingerprint density at radius 3 is 2.50 bits per heavy atom. The lowest BCUT2D eigenvalue weighted by molar-refractivity contribution is -0.182. The van der Waals surface area contributed by atoms with Crippen LogP contribution in [0, 0.1) is 13.8 Å². The van der Waals surface area contributed by atoms with Crippen LogP contribution in [0.5, 0.6) is 11.5 Å². The van der Waals surface area contributed by atoms with Crippen LogP contribution in [0.4, 0.5) is 0 Å². The molecule has 5 aromatic rings. The number of fused-ring (bicyclic) bond motifs is 1. The molecule has 0 aliphatic carbocycles. The van der Waals surface area contributed by atoms with E-state index in [0.717, 1.165) is 56.1 Å². The molecule has 8 nitrogen and oxygen atoms in total. The standard InChI is InChI=1S/C32H32N2O6/c1-20(2)30-27(28(33-39-30)19-38-31-21(3)7-5-8-22(31)4)18-37-26-11-12-29-24(16-26)13-14-34(29)17-23-9-6-10-25(15-23)32(35)40-36/h5-16,20,36H,17-19H2,1-4H3. The Morgan fingerprint density at radius 1 is 0.975 bits per heavy atom. The number of hydrogen-bond acceptors (Lipinski definition) is 7. The van der Waals surface area contributed by atoms with E-state index in [9.17, 15) is 4.79 Å². The Balaban J connectivity index is 1.31. The number of rotatable bonds is 10. The Hall–Kier alpha value is -4.56. The smallest absolute Gasteiger partial charge is 0.372 e. The van der Waals surface area contributed by atoms with Crippen molar-refractivity contribution in [1.82, 2.24) is 9.72 Å². The topological polar surface area (TPSA) is 96.0 Å². The molecule has 3 aromatic carbocycles. The third-order valence-corrected chi connectivity index (χ3v) is 6.91. The molecule has 40 heavy (non-hydrogen) atoms. The van der Waals surface area contributed by atoms with E-state index in [2.05, 4.69) is 28.5 Å². The molecule has 0 atom stereocenters. The van der Waals surface area contributed by atoms with Gasteiger partial charge in [-0.05, 0) is 66.9 Å². The van der Waals surface area contributed by atoms with Gasteiger partial charge in [0.2, 0.25) is 0 Å². The SMILES string of the molecule is Cc1cccc(C)c1OCc1noc(C(C)C)c1COc1ccc2c(ccn2Cc2cccc(C(=O)OO)c2)c1. The van der Waals surface area contributed by atoms with Gasteiger partial charge in [0.15, 0.2) is 0 Å². The average Bonchev–Trinajstić information content (AvgIpc) is 3.55. The summed E-state index contributed by atoms with van der Waals surface area (Å²) in [5, 5.41) is 14.0. The lowest BCUT2D eigenvalue weighted by Crippen LogP contribution is -2.06. The molecule has 0 bridgehead atoms. The molecular weight excluding hydrogens is 508 g/mol. The fraction of sp³-hybridized carbons (Fsp3) is 0.250. The van der Waals surface area contributed by atoms with Crippen molar-refractivity contribution in [2.75, 3.05) is 0 Å². The summed E-state index contributed by atoms with van der Waals surface area (Å²) in [4.78, 5) is 15.5. The van der Waals surface area contributed by atoms with Crippen molar-refractivity contribution in [3.05, 3.63) is 112 Å². The van der Waals surface area contributed by atoms with Crippen molar-refractivity contribution in [2.45, 2.75) is 53.4 Å². The summed E-state index contributed by atoms with van der Waals surface area (Å²) >= 11 is 0. The van der Waals surface area contributed by atoms with Gasteiger partial charge in [-0.25, -0.2) is 4.79 Å². The minimum atomic E-state index is -0.783. The number of nitrogens with zero attached hydrogens (tertiary/aromatic N) is 2. The Kier molecular flexibility index (Phi) is 7.89. The first-order valence-corrected chi connectivity index (χ1v) is 13.2. The van der Waals surface area contributed by atoms with Gasteiger partial charge in [-0.1, -0.05) is 49.3 Å². The summed E-state index contributed by atoms with van der Waals surface area (Å²) in [5.41, 5.74) is 6.01. The second-order valence-corrected chi connectivity index (χ2v) is 10.2. The number of carbonyl (C=O) groups excluding carboxylic acids is 1. The van der Waals surface area contributed by atoms with Gasteiger partial charge in [0.25, 0.3) is 0 Å². The predicted molar refractivity (Wildman–Crippen MR) is 151 cm³/mol. The number of aromatic nitrogens is 2. The van der Waals surface area contributed by atoms with E-state index in [0.29, 0.717) is 25.3 Å². The Morgan fingerprint density at radius 2 is 1.75 bits per heavy atom. The molecule has 0 saturated carbocycles. The molecule has 0 fully saturated rings. The van der Waals surface area contributed by atoms with Crippen molar-refractivity contribution in [3.63, 3.8) is 0 Å². The molecule has 0 aliphatic heterocycles. The molecule has 206 valence electrons. The first kappa shape index (κ1) is 27.0. The molecule has 2 heterocycles. The maximum Gasteiger partial charge on any atom is 0.372 e. The predicted octanol–water partition coefficient (Wildman–Crippen LogP) is 7.21. The highest BCUT2D eigenvalue weighted by Gasteiger charge is 2.20. The van der Waals surface area contributed by atoms with Crippen LogP contribution in [0.15, 0.2) is 77.4 Å². The number of ether oxygens (including phenoxy) is 2. The van der Waals surface area contributed by atoms with E-state index in [4.69, 9.17) is 19.3 Å². The molecule has 0 unspecified atom stereocenters. The third kappa shape index (κ3) is 5.72. The van der Waals surface area contributed by atoms with Crippen molar-refractivity contribution in [1.29, 1.82) is 0 Å². The van der Waals surface area contributed by atoms with Gasteiger partial charge in [-0.2, -0.15) is 5.26 Å². The van der Waals surface area contributed by atoms with Crippen LogP contribution in [0.25, 0.3) is 10.9 Å². The van der Waals surface area contributed by atoms with E-state index in [1.165, 1.54) is 0 Å². The van der Waals surface area contributed by atoms with Crippen LogP contribution in [-0.4, -0.2) is 21.0 Å². The molecule has 0 radical (unpaired) electrons. The Labute approximate surface area is 232 Å². The zero-order chi connectivity index (χ0) is 28.2. The van der Waals surface area contributed by atoms with Gasteiger partial charge in [0.05, 0.1) is 11.1 Å². The zero-order valence-corrected chi connectivity index (χ0v) is 23.0. The number of hydrogen-bond donors (Lipinski definition) is 1. The summed E-state index contributed by atoms with van der Waals surface area (Å²) in [6.07, 6.45) is 1.99. The van der Waals surface area contributed by atoms with Crippen molar-refractivity contribution < 1.29 is 28.9 Å². The van der Waals surface area contributed by atoms with Crippen LogP contribution in [0.2, 0.25) is 0 Å². The second kappa shape index (κ2) is 11.7. The fourth-order valence-corrected chi connectivity index (χ4v) is 4.85. The lowest BCUT2D eigenvalue weighted by atomic mass is 10.1. The molecule has 0 spiro atoms. The molecule has 0 amide bonds. The number of carbonyl (C=O) groups is 1. The fourth-order valence-electron chi connectivity index (χ4n) is 4.85. The highest BCUT2D eigenvalue weighted by molar-refractivity contribution is 5.89. The van der Waals surface area contributed by atoms with E-state index in [1.54, 1.807) is 18.2 Å². The van der Waals surface area contributed by atoms with Crippen LogP contribution >= 0.6 is 0 Å². The first-order valence-electron chi connectivity index (χ1n) is 13.2. The van der Waals surface area contributed by atoms with E-state index >= 15 is 0 Å². The lowest BCUT2D eigenvalue weighted by Gasteiger charge is -2.13. The molecule has 5 rings (SSSR count).